The predicted octanol–water partition coefficient (Wildman–Crippen LogP) is 3.78. The highest BCUT2D eigenvalue weighted by Crippen LogP contribution is 2.08. The van der Waals surface area contributed by atoms with Crippen molar-refractivity contribution in [3.8, 4) is 0 Å². The normalized spacial score (nSPS) is 10.7. The first kappa shape index (κ1) is 23.9. The highest BCUT2D eigenvalue weighted by Gasteiger charge is 2.22. The van der Waals surface area contributed by atoms with E-state index in [4.69, 9.17) is 9.47 Å². The second kappa shape index (κ2) is 13.9. The molecule has 2 rings (SSSR count). The summed E-state index contributed by atoms with van der Waals surface area (Å²) in [6.45, 7) is 5.59. The molecule has 0 radical (unpaired) electrons. The van der Waals surface area contributed by atoms with E-state index in [1.54, 1.807) is 0 Å². The number of hydrogen-bond acceptors (Lipinski definition) is 5. The second-order valence-electron chi connectivity index (χ2n) is 6.03. The molecule has 2 aromatic rings. The van der Waals surface area contributed by atoms with Gasteiger partial charge in [0.05, 0.1) is 0 Å². The quantitative estimate of drug-likeness (QED) is 0.649. The van der Waals surface area contributed by atoms with Gasteiger partial charge in [-0.25, -0.2) is 4.79 Å². The standard InChI is InChI=1S/C21H23NO5.C2H6/c1-16(23)22-19(21(25)27-15-18-10-6-3-7-11-18)12-13-20(24)26-14-17-8-4-2-5-9-17;1-2/h2-11,19H,12-15H2,1H3,(H,22,23);1-2H3/t19-;/m0./s1. The average molecular weight is 399 g/mol. The lowest BCUT2D eigenvalue weighted by atomic mass is 10.1. The summed E-state index contributed by atoms with van der Waals surface area (Å²) in [5.74, 6) is -1.38. The Bertz CT molecular complexity index is 746. The van der Waals surface area contributed by atoms with Gasteiger partial charge in [0.15, 0.2) is 0 Å². The monoisotopic (exact) mass is 399 g/mol. The summed E-state index contributed by atoms with van der Waals surface area (Å²) >= 11 is 0. The molecule has 2 aromatic carbocycles. The number of benzene rings is 2. The Morgan fingerprint density at radius 1 is 0.828 bits per heavy atom. The summed E-state index contributed by atoms with van der Waals surface area (Å²) in [4.78, 5) is 35.5. The number of rotatable bonds is 9. The molecule has 29 heavy (non-hydrogen) atoms. The van der Waals surface area contributed by atoms with Crippen LogP contribution >= 0.6 is 0 Å². The minimum Gasteiger partial charge on any atom is -0.461 e. The van der Waals surface area contributed by atoms with Gasteiger partial charge < -0.3 is 14.8 Å². The van der Waals surface area contributed by atoms with E-state index in [-0.39, 0.29) is 32.0 Å². The van der Waals surface area contributed by atoms with Gasteiger partial charge in [0.1, 0.15) is 19.3 Å². The summed E-state index contributed by atoms with van der Waals surface area (Å²) in [5, 5.41) is 2.52. The lowest BCUT2D eigenvalue weighted by Gasteiger charge is -2.16. The third-order valence-electron chi connectivity index (χ3n) is 3.77. The van der Waals surface area contributed by atoms with E-state index < -0.39 is 18.0 Å². The third-order valence-corrected chi connectivity index (χ3v) is 3.77. The maximum absolute atomic E-state index is 12.3. The Morgan fingerprint density at radius 2 is 1.31 bits per heavy atom. The minimum absolute atomic E-state index is 0.00177. The molecule has 1 amide bonds. The fourth-order valence-corrected chi connectivity index (χ4v) is 2.40. The molecule has 0 bridgehead atoms. The van der Waals surface area contributed by atoms with Crippen LogP contribution in [0.4, 0.5) is 0 Å². The summed E-state index contributed by atoms with van der Waals surface area (Å²) in [5.41, 5.74) is 1.72. The number of carbonyl (C=O) groups excluding carboxylic acids is 3. The molecule has 0 unspecified atom stereocenters. The van der Waals surface area contributed by atoms with Crippen molar-refractivity contribution in [2.75, 3.05) is 0 Å². The molecule has 1 N–H and O–H groups in total. The van der Waals surface area contributed by atoms with Crippen LogP contribution in [0.2, 0.25) is 0 Å². The summed E-state index contributed by atoms with van der Waals surface area (Å²) < 4.78 is 10.4. The molecular weight excluding hydrogens is 370 g/mol. The van der Waals surface area contributed by atoms with Gasteiger partial charge in [-0.15, -0.1) is 0 Å². The molecule has 0 heterocycles. The van der Waals surface area contributed by atoms with Crippen LogP contribution in [-0.4, -0.2) is 23.9 Å². The van der Waals surface area contributed by atoms with Crippen molar-refractivity contribution in [1.29, 1.82) is 0 Å². The molecule has 0 spiro atoms. The van der Waals surface area contributed by atoms with Gasteiger partial charge in [0, 0.05) is 13.3 Å². The molecule has 6 nitrogen and oxygen atoms in total. The van der Waals surface area contributed by atoms with Gasteiger partial charge >= 0.3 is 11.9 Å². The van der Waals surface area contributed by atoms with Gasteiger partial charge in [0.25, 0.3) is 0 Å². The van der Waals surface area contributed by atoms with E-state index in [1.165, 1.54) is 6.92 Å². The largest absolute Gasteiger partial charge is 0.461 e. The number of hydrogen-bond donors (Lipinski definition) is 1. The summed E-state index contributed by atoms with van der Waals surface area (Å²) in [6, 6.07) is 17.6. The van der Waals surface area contributed by atoms with Gasteiger partial charge in [-0.05, 0) is 17.5 Å². The van der Waals surface area contributed by atoms with Crippen LogP contribution in [0.5, 0.6) is 0 Å². The van der Waals surface area contributed by atoms with Crippen molar-refractivity contribution in [3.63, 3.8) is 0 Å². The maximum Gasteiger partial charge on any atom is 0.328 e. The second-order valence-corrected chi connectivity index (χ2v) is 6.03. The minimum atomic E-state index is -0.893. The van der Waals surface area contributed by atoms with Gasteiger partial charge in [-0.2, -0.15) is 0 Å². The summed E-state index contributed by atoms with van der Waals surface area (Å²) in [7, 11) is 0. The fraction of sp³-hybridized carbons (Fsp3) is 0.348. The van der Waals surface area contributed by atoms with E-state index in [1.807, 2.05) is 74.5 Å². The van der Waals surface area contributed by atoms with E-state index in [9.17, 15) is 14.4 Å². The van der Waals surface area contributed by atoms with Crippen molar-refractivity contribution < 1.29 is 23.9 Å². The van der Waals surface area contributed by atoms with Gasteiger partial charge in [-0.1, -0.05) is 74.5 Å². The van der Waals surface area contributed by atoms with Crippen LogP contribution in [0.3, 0.4) is 0 Å². The van der Waals surface area contributed by atoms with Gasteiger partial charge in [0.2, 0.25) is 5.91 Å². The molecule has 0 aromatic heterocycles. The Balaban J connectivity index is 0.00000204. The van der Waals surface area contributed by atoms with Gasteiger partial charge in [-0.3, -0.25) is 9.59 Å². The van der Waals surface area contributed by atoms with E-state index in [0.717, 1.165) is 11.1 Å². The molecule has 0 saturated carbocycles. The smallest absolute Gasteiger partial charge is 0.328 e. The van der Waals surface area contributed by atoms with Crippen LogP contribution in [-0.2, 0) is 37.1 Å². The molecule has 0 saturated heterocycles. The highest BCUT2D eigenvalue weighted by molar-refractivity contribution is 5.83. The molecule has 0 aliphatic heterocycles. The van der Waals surface area contributed by atoms with Crippen LogP contribution in [0.25, 0.3) is 0 Å². The summed E-state index contributed by atoms with van der Waals surface area (Å²) in [6.07, 6.45) is 0.110. The molecule has 156 valence electrons. The van der Waals surface area contributed by atoms with Crippen molar-refractivity contribution in [1.82, 2.24) is 5.32 Å². The topological polar surface area (TPSA) is 81.7 Å². The van der Waals surface area contributed by atoms with Crippen LogP contribution in [0, 0.1) is 0 Å². The van der Waals surface area contributed by atoms with E-state index in [2.05, 4.69) is 5.32 Å². The first-order valence-corrected chi connectivity index (χ1v) is 9.72. The van der Waals surface area contributed by atoms with Crippen LogP contribution < -0.4 is 5.32 Å². The highest BCUT2D eigenvalue weighted by atomic mass is 16.5. The third kappa shape index (κ3) is 10.1. The zero-order chi connectivity index (χ0) is 21.5. The number of amides is 1. The lowest BCUT2D eigenvalue weighted by molar-refractivity contribution is -0.150. The first-order chi connectivity index (χ1) is 14.0. The first-order valence-electron chi connectivity index (χ1n) is 9.72. The number of nitrogens with one attached hydrogen (secondary N) is 1. The molecule has 6 heteroatoms. The maximum atomic E-state index is 12.3. The number of carbonyl (C=O) groups is 3. The Labute approximate surface area is 172 Å². The Hall–Kier alpha value is -3.15. The Morgan fingerprint density at radius 3 is 1.79 bits per heavy atom. The SMILES string of the molecule is CC.CC(=O)N[C@@H](CCC(=O)OCc1ccccc1)C(=O)OCc1ccccc1. The van der Waals surface area contributed by atoms with Crippen molar-refractivity contribution in [2.24, 2.45) is 0 Å². The molecule has 0 aliphatic rings. The predicted molar refractivity (Wildman–Crippen MR) is 111 cm³/mol. The molecule has 1 atom stereocenters. The van der Waals surface area contributed by atoms with Crippen LogP contribution in [0.1, 0.15) is 44.7 Å². The Kier molecular flexibility index (Phi) is 11.5. The van der Waals surface area contributed by atoms with E-state index in [0.29, 0.717) is 0 Å². The zero-order valence-corrected chi connectivity index (χ0v) is 17.2. The number of ether oxygens (including phenoxy) is 2. The molecule has 0 aliphatic carbocycles. The van der Waals surface area contributed by atoms with E-state index >= 15 is 0 Å². The molecular formula is C23H29NO5. The lowest BCUT2D eigenvalue weighted by Crippen LogP contribution is -2.41. The fourth-order valence-electron chi connectivity index (χ4n) is 2.40. The van der Waals surface area contributed by atoms with Crippen molar-refractivity contribution in [3.05, 3.63) is 71.8 Å². The van der Waals surface area contributed by atoms with Crippen molar-refractivity contribution in [2.45, 2.75) is 52.9 Å². The van der Waals surface area contributed by atoms with Crippen LogP contribution in [0.15, 0.2) is 60.7 Å². The average Bonchev–Trinajstić information content (AvgIpc) is 2.76. The molecule has 0 fully saturated rings. The zero-order valence-electron chi connectivity index (χ0n) is 17.2. The number of esters is 2. The van der Waals surface area contributed by atoms with Crippen molar-refractivity contribution >= 4 is 17.8 Å².